The number of hydrogen-bond acceptors (Lipinski definition) is 4. The summed E-state index contributed by atoms with van der Waals surface area (Å²) in [4.78, 5) is 26.1. The monoisotopic (exact) mass is 477 g/mol. The van der Waals surface area contributed by atoms with Gasteiger partial charge in [0.1, 0.15) is 11.7 Å². The van der Waals surface area contributed by atoms with E-state index in [0.717, 1.165) is 21.4 Å². The van der Waals surface area contributed by atoms with E-state index in [4.69, 9.17) is 0 Å². The van der Waals surface area contributed by atoms with Crippen LogP contribution < -0.4 is 15.4 Å². The number of carbonyl (C=O) groups is 2. The molecule has 0 aliphatic heterocycles. The fraction of sp³-hybridized carbons (Fsp3) is 0.308. The zero-order valence-corrected chi connectivity index (χ0v) is 19.9. The maximum atomic E-state index is 14.0. The van der Waals surface area contributed by atoms with Crippen LogP contribution in [0.3, 0.4) is 0 Å². The molecule has 2 atom stereocenters. The van der Waals surface area contributed by atoms with Crippen LogP contribution in [0.2, 0.25) is 0 Å². The average molecular weight is 478 g/mol. The molecule has 0 saturated carbocycles. The SMILES string of the molecule is Cc1cc[n+]([O-])c(C)c1-c1ccc(NC(=O)C(NC(=O)c2ccnn2C)C2C=C(F)CCC2)cc1. The molecule has 2 N–H and O–H groups in total. The average Bonchev–Trinajstić information content (AvgIpc) is 3.27. The summed E-state index contributed by atoms with van der Waals surface area (Å²) in [6.07, 6.45) is 5.92. The number of benzene rings is 1. The van der Waals surface area contributed by atoms with Crippen LogP contribution in [0.25, 0.3) is 11.1 Å². The fourth-order valence-corrected chi connectivity index (χ4v) is 4.49. The summed E-state index contributed by atoms with van der Waals surface area (Å²) in [5.41, 5.74) is 4.07. The fourth-order valence-electron chi connectivity index (χ4n) is 4.49. The largest absolute Gasteiger partial charge is 0.618 e. The quantitative estimate of drug-likeness (QED) is 0.417. The molecule has 35 heavy (non-hydrogen) atoms. The number of aryl methyl sites for hydroxylation is 2. The molecule has 2 heterocycles. The van der Waals surface area contributed by atoms with Gasteiger partial charge in [-0.3, -0.25) is 14.3 Å². The summed E-state index contributed by atoms with van der Waals surface area (Å²) in [5, 5.41) is 21.6. The summed E-state index contributed by atoms with van der Waals surface area (Å²) in [6.45, 7) is 3.70. The summed E-state index contributed by atoms with van der Waals surface area (Å²) in [7, 11) is 1.64. The molecule has 2 aromatic heterocycles. The van der Waals surface area contributed by atoms with Crippen LogP contribution in [-0.4, -0.2) is 27.6 Å². The van der Waals surface area contributed by atoms with Crippen molar-refractivity contribution < 1.29 is 18.7 Å². The third kappa shape index (κ3) is 5.24. The Morgan fingerprint density at radius 3 is 2.60 bits per heavy atom. The summed E-state index contributed by atoms with van der Waals surface area (Å²) in [5.74, 6) is -1.64. The minimum Gasteiger partial charge on any atom is -0.618 e. The first-order valence-electron chi connectivity index (χ1n) is 11.5. The van der Waals surface area contributed by atoms with Crippen LogP contribution in [0.4, 0.5) is 10.1 Å². The number of carbonyl (C=O) groups excluding carboxylic acids is 2. The summed E-state index contributed by atoms with van der Waals surface area (Å²) >= 11 is 0. The highest BCUT2D eigenvalue weighted by atomic mass is 19.1. The molecule has 8 nitrogen and oxygen atoms in total. The number of rotatable bonds is 6. The zero-order valence-electron chi connectivity index (χ0n) is 19.9. The van der Waals surface area contributed by atoms with Gasteiger partial charge in [-0.2, -0.15) is 9.83 Å². The predicted octanol–water partition coefficient (Wildman–Crippen LogP) is 3.73. The number of halogens is 1. The normalized spacial score (nSPS) is 16.3. The standard InChI is InChI=1S/C26H28FN5O3/c1-16-12-14-32(35)17(2)23(16)18-7-9-21(10-8-18)29-26(34)24(19-5-4-6-20(27)15-19)30-25(33)22-11-13-28-31(22)3/h7-15,19,24H,4-6H2,1-3H3,(H,29,34)(H,30,33). The molecule has 0 fully saturated rings. The number of amides is 2. The van der Waals surface area contributed by atoms with Crippen molar-refractivity contribution in [3.05, 3.63) is 82.9 Å². The van der Waals surface area contributed by atoms with Gasteiger partial charge in [-0.15, -0.1) is 0 Å². The van der Waals surface area contributed by atoms with E-state index in [9.17, 15) is 19.2 Å². The van der Waals surface area contributed by atoms with Crippen molar-refractivity contribution in [2.45, 2.75) is 39.2 Å². The Hall–Kier alpha value is -4.01. The third-order valence-electron chi connectivity index (χ3n) is 6.39. The number of nitrogens with zero attached hydrogens (tertiary/aromatic N) is 3. The van der Waals surface area contributed by atoms with Gasteiger partial charge in [-0.25, -0.2) is 4.39 Å². The highest BCUT2D eigenvalue weighted by Crippen LogP contribution is 2.28. The number of pyridine rings is 1. The lowest BCUT2D eigenvalue weighted by Crippen LogP contribution is -2.48. The summed E-state index contributed by atoms with van der Waals surface area (Å²) < 4.78 is 16.3. The second-order valence-corrected chi connectivity index (χ2v) is 8.81. The molecule has 0 bridgehead atoms. The number of allylic oxidation sites excluding steroid dienone is 1. The van der Waals surface area contributed by atoms with Crippen LogP contribution in [0.15, 0.2) is 60.7 Å². The first kappa shape index (κ1) is 24.1. The van der Waals surface area contributed by atoms with Crippen LogP contribution in [0.1, 0.15) is 41.0 Å². The van der Waals surface area contributed by atoms with Crippen molar-refractivity contribution in [2.75, 3.05) is 5.32 Å². The molecular formula is C26H28FN5O3. The first-order chi connectivity index (χ1) is 16.7. The lowest BCUT2D eigenvalue weighted by Gasteiger charge is -2.27. The van der Waals surface area contributed by atoms with Gasteiger partial charge in [0.2, 0.25) is 5.91 Å². The smallest absolute Gasteiger partial charge is 0.270 e. The molecule has 182 valence electrons. The van der Waals surface area contributed by atoms with E-state index in [1.807, 2.05) is 19.1 Å². The highest BCUT2D eigenvalue weighted by molar-refractivity contribution is 6.01. The van der Waals surface area contributed by atoms with E-state index in [0.29, 0.717) is 36.3 Å². The lowest BCUT2D eigenvalue weighted by atomic mass is 9.88. The molecule has 3 aromatic rings. The zero-order chi connectivity index (χ0) is 25.1. The molecule has 1 aliphatic rings. The van der Waals surface area contributed by atoms with E-state index in [1.165, 1.54) is 23.2 Å². The Balaban J connectivity index is 1.56. The van der Waals surface area contributed by atoms with E-state index >= 15 is 0 Å². The van der Waals surface area contributed by atoms with Crippen molar-refractivity contribution in [2.24, 2.45) is 13.0 Å². The van der Waals surface area contributed by atoms with Crippen molar-refractivity contribution in [1.82, 2.24) is 15.1 Å². The van der Waals surface area contributed by atoms with E-state index in [2.05, 4.69) is 15.7 Å². The van der Waals surface area contributed by atoms with Crippen LogP contribution >= 0.6 is 0 Å². The minimum absolute atomic E-state index is 0.276. The molecule has 2 unspecified atom stereocenters. The van der Waals surface area contributed by atoms with Gasteiger partial charge in [0.15, 0.2) is 11.9 Å². The maximum absolute atomic E-state index is 14.0. The van der Waals surface area contributed by atoms with Crippen LogP contribution in [0, 0.1) is 25.0 Å². The Morgan fingerprint density at radius 2 is 1.94 bits per heavy atom. The van der Waals surface area contributed by atoms with Crippen molar-refractivity contribution in [1.29, 1.82) is 0 Å². The highest BCUT2D eigenvalue weighted by Gasteiger charge is 2.31. The van der Waals surface area contributed by atoms with Gasteiger partial charge in [-0.1, -0.05) is 12.1 Å². The molecule has 4 rings (SSSR count). The minimum atomic E-state index is -0.957. The lowest BCUT2D eigenvalue weighted by molar-refractivity contribution is -0.611. The van der Waals surface area contributed by atoms with E-state index in [-0.39, 0.29) is 5.83 Å². The van der Waals surface area contributed by atoms with Crippen LogP contribution in [-0.2, 0) is 11.8 Å². The van der Waals surface area contributed by atoms with Crippen molar-refractivity contribution in [3.8, 4) is 11.1 Å². The number of nitrogens with one attached hydrogen (secondary N) is 2. The molecule has 0 radical (unpaired) electrons. The summed E-state index contributed by atoms with van der Waals surface area (Å²) in [6, 6.07) is 9.50. The number of aromatic nitrogens is 3. The molecule has 1 aromatic carbocycles. The molecule has 0 saturated heterocycles. The molecule has 2 amide bonds. The topological polar surface area (TPSA) is 103 Å². The van der Waals surface area contributed by atoms with Gasteiger partial charge >= 0.3 is 0 Å². The van der Waals surface area contributed by atoms with Gasteiger partial charge in [-0.05, 0) is 61.6 Å². The molecule has 1 aliphatic carbocycles. The Bertz CT molecular complexity index is 1280. The van der Waals surface area contributed by atoms with Gasteiger partial charge in [0.05, 0.1) is 11.4 Å². The Labute approximate surface area is 203 Å². The first-order valence-corrected chi connectivity index (χ1v) is 11.5. The van der Waals surface area contributed by atoms with Crippen LogP contribution in [0.5, 0.6) is 0 Å². The second-order valence-electron chi connectivity index (χ2n) is 8.81. The predicted molar refractivity (Wildman–Crippen MR) is 130 cm³/mol. The second kappa shape index (κ2) is 10.1. The molecular weight excluding hydrogens is 449 g/mol. The van der Waals surface area contributed by atoms with Crippen molar-refractivity contribution in [3.63, 3.8) is 0 Å². The molecule has 9 heteroatoms. The Morgan fingerprint density at radius 1 is 1.20 bits per heavy atom. The number of hydrogen-bond donors (Lipinski definition) is 2. The van der Waals surface area contributed by atoms with Gasteiger partial charge < -0.3 is 15.8 Å². The van der Waals surface area contributed by atoms with Gasteiger partial charge in [0, 0.05) is 37.8 Å². The number of anilines is 1. The Kier molecular flexibility index (Phi) is 6.95. The van der Waals surface area contributed by atoms with Gasteiger partial charge in [0.25, 0.3) is 5.91 Å². The maximum Gasteiger partial charge on any atom is 0.270 e. The molecule has 0 spiro atoms. The third-order valence-corrected chi connectivity index (χ3v) is 6.39. The van der Waals surface area contributed by atoms with E-state index < -0.39 is 23.8 Å². The van der Waals surface area contributed by atoms with E-state index in [1.54, 1.807) is 38.2 Å². The van der Waals surface area contributed by atoms with Crippen molar-refractivity contribution >= 4 is 17.5 Å².